The molecule has 5 heteroatoms. The molecular formula is C42H38N5+. The van der Waals surface area contributed by atoms with Crippen molar-refractivity contribution in [1.29, 1.82) is 0 Å². The fraction of sp³-hybridized carbons (Fsp3) is 0.143. The van der Waals surface area contributed by atoms with Crippen LogP contribution in [0.3, 0.4) is 0 Å². The largest absolute Gasteiger partial charge is 0.309 e. The third-order valence-electron chi connectivity index (χ3n) is 9.29. The lowest BCUT2D eigenvalue weighted by Gasteiger charge is -2.29. The summed E-state index contributed by atoms with van der Waals surface area (Å²) in [5.41, 5.74) is 12.8. The van der Waals surface area contributed by atoms with Crippen LogP contribution in [0.1, 0.15) is 36.6 Å². The highest BCUT2D eigenvalue weighted by Gasteiger charge is 2.23. The monoisotopic (exact) mass is 612 g/mol. The van der Waals surface area contributed by atoms with Crippen molar-refractivity contribution in [2.24, 2.45) is 0 Å². The zero-order valence-electron chi connectivity index (χ0n) is 27.5. The van der Waals surface area contributed by atoms with Gasteiger partial charge in [0.25, 0.3) is 0 Å². The van der Waals surface area contributed by atoms with E-state index in [0.717, 1.165) is 33.9 Å². The zero-order chi connectivity index (χ0) is 32.2. The van der Waals surface area contributed by atoms with Crippen LogP contribution in [0.4, 0.5) is 17.1 Å². The van der Waals surface area contributed by atoms with Crippen LogP contribution in [0.2, 0.25) is 0 Å². The van der Waals surface area contributed by atoms with Gasteiger partial charge in [-0.1, -0.05) is 42.5 Å². The highest BCUT2D eigenvalue weighted by molar-refractivity contribution is 6.10. The van der Waals surface area contributed by atoms with E-state index >= 15 is 0 Å². The molecule has 0 bridgehead atoms. The molecule has 47 heavy (non-hydrogen) atoms. The maximum Gasteiger partial charge on any atom is 0.191 e. The Morgan fingerprint density at radius 3 is 2.06 bits per heavy atom. The molecule has 0 saturated heterocycles. The molecule has 8 rings (SSSR count). The summed E-state index contributed by atoms with van der Waals surface area (Å²) in [5, 5.41) is 2.43. The highest BCUT2D eigenvalue weighted by Crippen LogP contribution is 2.42. The molecular weight excluding hydrogens is 574 g/mol. The van der Waals surface area contributed by atoms with Gasteiger partial charge in [-0.3, -0.25) is 4.57 Å². The first-order chi connectivity index (χ1) is 22.9. The number of rotatable bonds is 6. The van der Waals surface area contributed by atoms with E-state index < -0.39 is 0 Å². The molecule has 0 aliphatic rings. The van der Waals surface area contributed by atoms with Gasteiger partial charge in [-0.2, -0.15) is 4.57 Å². The highest BCUT2D eigenvalue weighted by atomic mass is 15.2. The topological polar surface area (TPSA) is 30.9 Å². The van der Waals surface area contributed by atoms with E-state index in [-0.39, 0.29) is 0 Å². The Morgan fingerprint density at radius 1 is 0.617 bits per heavy atom. The number of nitrogens with zero attached hydrogens (tertiary/aromatic N) is 5. The van der Waals surface area contributed by atoms with Crippen molar-refractivity contribution in [2.45, 2.75) is 40.7 Å². The molecule has 8 aromatic rings. The maximum absolute atomic E-state index is 4.83. The molecule has 5 aromatic carbocycles. The van der Waals surface area contributed by atoms with Gasteiger partial charge in [0, 0.05) is 46.9 Å². The second-order valence-electron chi connectivity index (χ2n) is 12.8. The van der Waals surface area contributed by atoms with Crippen LogP contribution < -0.4 is 4.90 Å². The Hall–Kier alpha value is -5.68. The van der Waals surface area contributed by atoms with E-state index in [1.54, 1.807) is 0 Å². The zero-order valence-corrected chi connectivity index (χ0v) is 27.5. The van der Waals surface area contributed by atoms with Crippen LogP contribution >= 0.6 is 0 Å². The molecule has 0 saturated carbocycles. The van der Waals surface area contributed by atoms with Gasteiger partial charge < -0.3 is 4.90 Å². The molecule has 0 atom stereocenters. The fourth-order valence-corrected chi connectivity index (χ4v) is 7.09. The van der Waals surface area contributed by atoms with Crippen molar-refractivity contribution >= 4 is 49.9 Å². The summed E-state index contributed by atoms with van der Waals surface area (Å²) < 4.78 is 6.96. The lowest BCUT2D eigenvalue weighted by molar-refractivity contribution is 0.612. The van der Waals surface area contributed by atoms with Crippen molar-refractivity contribution in [3.8, 4) is 11.5 Å². The average Bonchev–Trinajstić information content (AvgIpc) is 3.63. The van der Waals surface area contributed by atoms with Gasteiger partial charge >= 0.3 is 0 Å². The molecule has 230 valence electrons. The second kappa shape index (κ2) is 11.3. The van der Waals surface area contributed by atoms with E-state index in [0.29, 0.717) is 6.04 Å². The predicted molar refractivity (Wildman–Crippen MR) is 197 cm³/mol. The molecule has 0 aliphatic carbocycles. The minimum atomic E-state index is 0.344. The molecule has 0 unspecified atom stereocenters. The smallest absolute Gasteiger partial charge is 0.191 e. The van der Waals surface area contributed by atoms with E-state index in [2.05, 4.69) is 181 Å². The number of aryl methyl sites for hydroxylation is 3. The molecule has 0 spiro atoms. The SMILES string of the molecule is Cc1ccnc(-n2c3ccccc3c3ccc(N(c4cccc(-n5[cH+]n(C(C)C)c6ccccc65)c4)c4c(C)cccc4C)cc32)c1. The van der Waals surface area contributed by atoms with Crippen LogP contribution in [0.15, 0.2) is 134 Å². The normalized spacial score (nSPS) is 11.7. The summed E-state index contributed by atoms with van der Waals surface area (Å²) in [7, 11) is 0. The molecule has 0 amide bonds. The minimum absolute atomic E-state index is 0.344. The third-order valence-corrected chi connectivity index (χ3v) is 9.29. The molecule has 5 nitrogen and oxygen atoms in total. The van der Waals surface area contributed by atoms with Crippen molar-refractivity contribution < 1.29 is 0 Å². The first-order valence-electron chi connectivity index (χ1n) is 16.3. The van der Waals surface area contributed by atoms with E-state index in [1.165, 1.54) is 44.2 Å². The first kappa shape index (κ1) is 28.8. The van der Waals surface area contributed by atoms with Gasteiger partial charge in [0.2, 0.25) is 0 Å². The molecule has 3 heterocycles. The van der Waals surface area contributed by atoms with Crippen molar-refractivity contribution in [3.63, 3.8) is 0 Å². The van der Waals surface area contributed by atoms with E-state index in [1.807, 2.05) is 6.20 Å². The number of para-hydroxylation sites is 4. The summed E-state index contributed by atoms with van der Waals surface area (Å²) in [4.78, 5) is 7.25. The Morgan fingerprint density at radius 2 is 1.30 bits per heavy atom. The van der Waals surface area contributed by atoms with Crippen LogP contribution in [-0.4, -0.2) is 18.7 Å². The number of pyridine rings is 1. The number of imidazole rings is 1. The molecule has 3 aromatic heterocycles. The van der Waals surface area contributed by atoms with E-state index in [9.17, 15) is 0 Å². The van der Waals surface area contributed by atoms with E-state index in [4.69, 9.17) is 4.98 Å². The van der Waals surface area contributed by atoms with Crippen molar-refractivity contribution in [2.75, 3.05) is 4.90 Å². The number of aromatic nitrogens is 4. The first-order valence-corrected chi connectivity index (χ1v) is 16.3. The van der Waals surface area contributed by atoms with Gasteiger partial charge in [-0.15, -0.1) is 0 Å². The van der Waals surface area contributed by atoms with Gasteiger partial charge in [0.15, 0.2) is 17.4 Å². The Bertz CT molecular complexity index is 2420. The minimum Gasteiger partial charge on any atom is -0.309 e. The van der Waals surface area contributed by atoms with Gasteiger partial charge in [0.05, 0.1) is 28.5 Å². The van der Waals surface area contributed by atoms with Crippen LogP contribution in [0.5, 0.6) is 0 Å². The summed E-state index contributed by atoms with van der Waals surface area (Å²) in [6.07, 6.45) is 4.13. The number of fused-ring (bicyclic) bond motifs is 4. The maximum atomic E-state index is 4.83. The number of hydrogen-bond acceptors (Lipinski definition) is 2. The summed E-state index contributed by atoms with van der Waals surface area (Å²) in [6, 6.07) is 44.2. The van der Waals surface area contributed by atoms with Crippen molar-refractivity contribution in [3.05, 3.63) is 151 Å². The summed E-state index contributed by atoms with van der Waals surface area (Å²) >= 11 is 0. The quantitative estimate of drug-likeness (QED) is 0.175. The third kappa shape index (κ3) is 4.78. The number of hydrogen-bond donors (Lipinski definition) is 0. The summed E-state index contributed by atoms with van der Waals surface area (Å²) in [6.45, 7) is 11.0. The summed E-state index contributed by atoms with van der Waals surface area (Å²) in [5.74, 6) is 0.923. The Kier molecular flexibility index (Phi) is 6.91. The lowest BCUT2D eigenvalue weighted by Crippen LogP contribution is -2.13. The molecule has 0 aliphatic heterocycles. The molecule has 0 fully saturated rings. The average molecular weight is 613 g/mol. The standard InChI is InChI=1S/C42H38N5/c1-28(2)44-27-45(39-19-9-8-18-38(39)44)32-14-11-15-33(25-32)46(42-30(4)12-10-13-31(42)5)34-20-21-36-35-16-6-7-17-37(35)47(40(36)26-34)41-24-29(3)22-23-43-41/h6-28H,1-5H3/q+1. The van der Waals surface area contributed by atoms with Gasteiger partial charge in [-0.25, -0.2) is 9.55 Å². The van der Waals surface area contributed by atoms with Crippen LogP contribution in [0, 0.1) is 20.8 Å². The fourth-order valence-electron chi connectivity index (χ4n) is 7.09. The molecule has 0 N–H and O–H groups in total. The predicted octanol–water partition coefficient (Wildman–Crippen LogP) is 11.2. The van der Waals surface area contributed by atoms with Crippen LogP contribution in [-0.2, 0) is 0 Å². The number of benzene rings is 5. The second-order valence-corrected chi connectivity index (χ2v) is 12.8. The number of anilines is 3. The molecule has 0 radical (unpaired) electrons. The lowest BCUT2D eigenvalue weighted by atomic mass is 10.0. The van der Waals surface area contributed by atoms with Crippen LogP contribution in [0.25, 0.3) is 44.3 Å². The Labute approximate surface area is 275 Å². The van der Waals surface area contributed by atoms with Crippen molar-refractivity contribution in [1.82, 2.24) is 18.7 Å². The Balaban J connectivity index is 1.38. The van der Waals surface area contributed by atoms with Gasteiger partial charge in [-0.05, 0) is 106 Å². The van der Waals surface area contributed by atoms with Gasteiger partial charge in [0.1, 0.15) is 11.5 Å².